The molecule has 0 radical (unpaired) electrons. The van der Waals surface area contributed by atoms with E-state index in [1.54, 1.807) is 0 Å². The van der Waals surface area contributed by atoms with Crippen molar-refractivity contribution < 1.29 is 5.11 Å². The molecular weight excluding hydrogens is 343 g/mol. The number of piperidine rings is 1. The lowest BCUT2D eigenvalue weighted by molar-refractivity contribution is -0.0363. The van der Waals surface area contributed by atoms with Crippen LogP contribution >= 0.6 is 24.8 Å². The van der Waals surface area contributed by atoms with Crippen LogP contribution in [0, 0.1) is 5.41 Å². The van der Waals surface area contributed by atoms with Crippen molar-refractivity contribution in [3.63, 3.8) is 0 Å². The van der Waals surface area contributed by atoms with Gasteiger partial charge < -0.3 is 15.3 Å². The van der Waals surface area contributed by atoms with Crippen molar-refractivity contribution in [2.45, 2.75) is 50.5 Å². The van der Waals surface area contributed by atoms with Crippen molar-refractivity contribution in [3.05, 3.63) is 29.8 Å². The van der Waals surface area contributed by atoms with Crippen LogP contribution in [0.15, 0.2) is 24.3 Å². The van der Waals surface area contributed by atoms with E-state index in [2.05, 4.69) is 34.5 Å². The highest BCUT2D eigenvalue weighted by Crippen LogP contribution is 2.47. The number of benzene rings is 1. The summed E-state index contributed by atoms with van der Waals surface area (Å²) in [6, 6.07) is 8.68. The van der Waals surface area contributed by atoms with Crippen LogP contribution in [-0.2, 0) is 6.42 Å². The van der Waals surface area contributed by atoms with E-state index in [4.69, 9.17) is 0 Å². The molecule has 0 aromatic heterocycles. The fourth-order valence-corrected chi connectivity index (χ4v) is 4.79. The van der Waals surface area contributed by atoms with Crippen LogP contribution in [0.1, 0.15) is 44.1 Å². The normalized spacial score (nSPS) is 24.0. The summed E-state index contributed by atoms with van der Waals surface area (Å²) in [5, 5.41) is 14.6. The van der Waals surface area contributed by atoms with Crippen molar-refractivity contribution in [2.24, 2.45) is 5.41 Å². The van der Waals surface area contributed by atoms with Gasteiger partial charge >= 0.3 is 0 Å². The largest absolute Gasteiger partial charge is 0.388 e. The van der Waals surface area contributed by atoms with Gasteiger partial charge in [-0.05, 0) is 75.1 Å². The summed E-state index contributed by atoms with van der Waals surface area (Å²) >= 11 is 0. The van der Waals surface area contributed by atoms with Gasteiger partial charge in [-0.1, -0.05) is 18.2 Å². The van der Waals surface area contributed by atoms with Crippen LogP contribution in [0.25, 0.3) is 0 Å². The Balaban J connectivity index is 0.00000104. The second-order valence-corrected chi connectivity index (χ2v) is 7.77. The lowest BCUT2D eigenvalue weighted by Crippen LogP contribution is -2.49. The summed E-state index contributed by atoms with van der Waals surface area (Å²) < 4.78 is 0. The van der Waals surface area contributed by atoms with E-state index >= 15 is 0 Å². The number of anilines is 1. The minimum atomic E-state index is -0.479. The third-order valence-electron chi connectivity index (χ3n) is 6.37. The molecule has 0 bridgehead atoms. The highest BCUT2D eigenvalue weighted by molar-refractivity contribution is 5.85. The van der Waals surface area contributed by atoms with Crippen LogP contribution < -0.4 is 10.2 Å². The van der Waals surface area contributed by atoms with Crippen molar-refractivity contribution >= 4 is 30.5 Å². The highest BCUT2D eigenvalue weighted by atomic mass is 35.5. The van der Waals surface area contributed by atoms with Gasteiger partial charge in [0.25, 0.3) is 0 Å². The quantitative estimate of drug-likeness (QED) is 0.832. The van der Waals surface area contributed by atoms with Gasteiger partial charge in [-0.15, -0.1) is 24.8 Å². The Kier molecular flexibility index (Phi) is 6.46. The molecule has 2 aliphatic heterocycles. The number of hydrogen-bond acceptors (Lipinski definition) is 3. The molecule has 4 rings (SSSR count). The van der Waals surface area contributed by atoms with Gasteiger partial charge in [-0.3, -0.25) is 0 Å². The first-order chi connectivity index (χ1) is 10.7. The van der Waals surface area contributed by atoms with E-state index in [-0.39, 0.29) is 24.8 Å². The Bertz CT molecular complexity index is 536. The van der Waals surface area contributed by atoms with Gasteiger partial charge in [-0.2, -0.15) is 0 Å². The summed E-state index contributed by atoms with van der Waals surface area (Å²) in [5.74, 6) is 0. The third-order valence-corrected chi connectivity index (χ3v) is 6.37. The fraction of sp³-hybridized carbons (Fsp3) is 0.684. The molecule has 0 atom stereocenters. The molecule has 1 aromatic rings. The van der Waals surface area contributed by atoms with E-state index in [0.29, 0.717) is 5.41 Å². The van der Waals surface area contributed by atoms with Crippen LogP contribution in [0.3, 0.4) is 0 Å². The summed E-state index contributed by atoms with van der Waals surface area (Å²) in [5.41, 5.74) is 2.84. The maximum Gasteiger partial charge on any atom is 0.0822 e. The van der Waals surface area contributed by atoms with Crippen LogP contribution in [0.2, 0.25) is 0 Å². The fourth-order valence-electron chi connectivity index (χ4n) is 4.79. The van der Waals surface area contributed by atoms with Gasteiger partial charge in [0, 0.05) is 18.8 Å². The molecule has 1 aliphatic carbocycles. The van der Waals surface area contributed by atoms with E-state index in [1.807, 2.05) is 0 Å². The van der Waals surface area contributed by atoms with Gasteiger partial charge in [0.15, 0.2) is 0 Å². The molecule has 2 N–H and O–H groups in total. The number of rotatable bonds is 2. The second-order valence-electron chi connectivity index (χ2n) is 7.77. The Morgan fingerprint density at radius 1 is 0.958 bits per heavy atom. The number of fused-ring (bicyclic) bond motifs is 1. The first kappa shape index (κ1) is 19.8. The predicted octanol–water partition coefficient (Wildman–Crippen LogP) is 3.57. The minimum absolute atomic E-state index is 0. The van der Waals surface area contributed by atoms with Crippen LogP contribution in [0.4, 0.5) is 5.69 Å². The Morgan fingerprint density at radius 2 is 1.62 bits per heavy atom. The van der Waals surface area contributed by atoms with Gasteiger partial charge in [-0.25, -0.2) is 0 Å². The number of nitrogens with zero attached hydrogens (tertiary/aromatic N) is 1. The zero-order valence-corrected chi connectivity index (χ0v) is 15.9. The monoisotopic (exact) mass is 372 g/mol. The molecule has 1 saturated heterocycles. The number of hydrogen-bond donors (Lipinski definition) is 2. The van der Waals surface area contributed by atoms with Crippen LogP contribution in [0.5, 0.6) is 0 Å². The highest BCUT2D eigenvalue weighted by Gasteiger charge is 2.43. The number of nitrogens with one attached hydrogen (secondary N) is 1. The van der Waals surface area contributed by atoms with E-state index in [9.17, 15) is 5.11 Å². The summed E-state index contributed by atoms with van der Waals surface area (Å²) in [4.78, 5) is 2.41. The smallest absolute Gasteiger partial charge is 0.0822 e. The molecule has 136 valence electrons. The number of β-amino-alcohol motifs (C(OH)–C–C–N with tert-alkyl or cyclic N) is 1. The molecule has 0 unspecified atom stereocenters. The van der Waals surface area contributed by atoms with E-state index in [1.165, 1.54) is 36.9 Å². The predicted molar refractivity (Wildman–Crippen MR) is 105 cm³/mol. The number of para-hydroxylation sites is 1. The Hall–Kier alpha value is -0.480. The van der Waals surface area contributed by atoms with Gasteiger partial charge in [0.2, 0.25) is 0 Å². The summed E-state index contributed by atoms with van der Waals surface area (Å²) in [6.07, 6.45) is 8.10. The molecule has 24 heavy (non-hydrogen) atoms. The topological polar surface area (TPSA) is 35.5 Å². The molecule has 5 heteroatoms. The number of halogens is 2. The molecule has 3 nitrogen and oxygen atoms in total. The Morgan fingerprint density at radius 3 is 2.33 bits per heavy atom. The van der Waals surface area contributed by atoms with E-state index < -0.39 is 5.60 Å². The van der Waals surface area contributed by atoms with Crippen molar-refractivity contribution in [1.29, 1.82) is 0 Å². The molecule has 1 aromatic carbocycles. The molecule has 1 saturated carbocycles. The first-order valence-corrected chi connectivity index (χ1v) is 8.94. The molecule has 3 aliphatic rings. The minimum Gasteiger partial charge on any atom is -0.388 e. The number of aliphatic hydroxyl groups is 1. The summed E-state index contributed by atoms with van der Waals surface area (Å²) in [6.45, 7) is 4.21. The Labute approximate surface area is 158 Å². The van der Waals surface area contributed by atoms with Crippen molar-refractivity contribution in [2.75, 3.05) is 31.1 Å². The first-order valence-electron chi connectivity index (χ1n) is 8.94. The maximum atomic E-state index is 11.1. The molecule has 2 heterocycles. The average Bonchev–Trinajstić information content (AvgIpc) is 2.95. The molecule has 0 amide bonds. The van der Waals surface area contributed by atoms with Crippen molar-refractivity contribution in [3.8, 4) is 0 Å². The second kappa shape index (κ2) is 7.82. The van der Waals surface area contributed by atoms with E-state index in [0.717, 1.165) is 45.4 Å². The third kappa shape index (κ3) is 3.85. The zero-order chi connectivity index (χ0) is 15.0. The summed E-state index contributed by atoms with van der Waals surface area (Å²) in [7, 11) is 0. The standard InChI is InChI=1S/C19H28N2O.2ClH/c22-19(8-6-18(7-9-19)10-12-20-13-11-18)15-21-14-5-16-3-1-2-4-17(16)21;;/h1-4,20,22H,5-15H2;2*1H. The molecule has 2 fully saturated rings. The lowest BCUT2D eigenvalue weighted by Gasteiger charge is -2.47. The van der Waals surface area contributed by atoms with Gasteiger partial charge in [0.05, 0.1) is 5.60 Å². The average molecular weight is 373 g/mol. The maximum absolute atomic E-state index is 11.1. The zero-order valence-electron chi connectivity index (χ0n) is 14.3. The van der Waals surface area contributed by atoms with Crippen LogP contribution in [-0.4, -0.2) is 36.9 Å². The SMILES string of the molecule is Cl.Cl.OC1(CN2CCc3ccccc32)CCC2(CCNCC2)CC1. The lowest BCUT2D eigenvalue weighted by atomic mass is 9.64. The van der Waals surface area contributed by atoms with Crippen molar-refractivity contribution in [1.82, 2.24) is 5.32 Å². The molecule has 1 spiro atoms. The molecular formula is C19H30Cl2N2O. The van der Waals surface area contributed by atoms with Gasteiger partial charge in [0.1, 0.15) is 0 Å².